The number of nitrogens with one attached hydrogen (secondary N) is 1. The molecule has 0 aliphatic rings. The molecule has 0 radical (unpaired) electrons. The molecule has 0 atom stereocenters. The molecule has 10 heteroatoms. The van der Waals surface area contributed by atoms with Crippen molar-refractivity contribution in [2.45, 2.75) is 31.1 Å². The second kappa shape index (κ2) is 9.13. The Morgan fingerprint density at radius 2 is 1.78 bits per heavy atom. The van der Waals surface area contributed by atoms with Crippen molar-refractivity contribution in [3.05, 3.63) is 76.7 Å². The van der Waals surface area contributed by atoms with E-state index >= 15 is 0 Å². The highest BCUT2D eigenvalue weighted by molar-refractivity contribution is 7.92. The van der Waals surface area contributed by atoms with Crippen LogP contribution in [0.2, 0.25) is 5.02 Å². The number of oxime groups is 1. The van der Waals surface area contributed by atoms with E-state index in [1.165, 1.54) is 25.6 Å². The molecule has 1 aromatic carbocycles. The van der Waals surface area contributed by atoms with Crippen molar-refractivity contribution in [1.29, 1.82) is 0 Å². The molecule has 3 N–H and O–H groups in total. The minimum absolute atomic E-state index is 0.0988. The van der Waals surface area contributed by atoms with Crippen LogP contribution in [0.25, 0.3) is 0 Å². The van der Waals surface area contributed by atoms with Crippen molar-refractivity contribution in [2.75, 3.05) is 17.6 Å². The van der Waals surface area contributed by atoms with Gasteiger partial charge in [0.05, 0.1) is 15.6 Å². The number of benzene rings is 1. The van der Waals surface area contributed by atoms with E-state index < -0.39 is 10.0 Å². The summed E-state index contributed by atoms with van der Waals surface area (Å²) in [5.41, 5.74) is 7.75. The Morgan fingerprint density at radius 1 is 1.09 bits per heavy atom. The first kappa shape index (κ1) is 23.5. The summed E-state index contributed by atoms with van der Waals surface area (Å²) in [6.45, 7) is 6.17. The lowest BCUT2D eigenvalue weighted by Crippen LogP contribution is -2.18. The molecule has 0 unspecified atom stereocenters. The largest absolute Gasteiger partial charge is 0.399 e. The number of nitrogens with two attached hydrogens (primary N) is 1. The summed E-state index contributed by atoms with van der Waals surface area (Å²) < 4.78 is 28.8. The zero-order valence-electron chi connectivity index (χ0n) is 18.1. The van der Waals surface area contributed by atoms with Gasteiger partial charge < -0.3 is 10.6 Å². The van der Waals surface area contributed by atoms with Crippen LogP contribution in [0.4, 0.5) is 11.5 Å². The van der Waals surface area contributed by atoms with Gasteiger partial charge in [0.1, 0.15) is 24.3 Å². The summed E-state index contributed by atoms with van der Waals surface area (Å²) in [5, 5.41) is 4.27. The van der Waals surface area contributed by atoms with E-state index in [-0.39, 0.29) is 32.4 Å². The molecule has 8 nitrogen and oxygen atoms in total. The van der Waals surface area contributed by atoms with E-state index in [1.807, 2.05) is 0 Å². The standard InChI is InChI=1S/C22H24ClN5O3S/c1-22(2,3)15-6-8-17(9-7-15)32(29,30)28-18-11-16(23)13-26-21(18)20(27-31-4)14-5-10-19(24)25-12-14/h5-13,28H,1-4H3,(H2,24,25)/b27-20+. The van der Waals surface area contributed by atoms with Crippen LogP contribution in [-0.2, 0) is 20.3 Å². The average Bonchev–Trinajstić information content (AvgIpc) is 2.73. The molecule has 0 bridgehead atoms. The monoisotopic (exact) mass is 473 g/mol. The topological polar surface area (TPSA) is 120 Å². The first-order chi connectivity index (χ1) is 15.0. The van der Waals surface area contributed by atoms with Crippen molar-refractivity contribution in [1.82, 2.24) is 9.97 Å². The Hall–Kier alpha value is -3.17. The average molecular weight is 474 g/mol. The molecule has 2 heterocycles. The number of aromatic nitrogens is 2. The lowest BCUT2D eigenvalue weighted by molar-refractivity contribution is 0.214. The molecule has 0 fully saturated rings. The fourth-order valence-corrected chi connectivity index (χ4v) is 4.13. The predicted molar refractivity (Wildman–Crippen MR) is 126 cm³/mol. The third-order valence-corrected chi connectivity index (χ3v) is 6.18. The van der Waals surface area contributed by atoms with E-state index in [1.54, 1.807) is 36.4 Å². The van der Waals surface area contributed by atoms with Crippen molar-refractivity contribution in [2.24, 2.45) is 5.16 Å². The normalized spacial score (nSPS) is 12.5. The zero-order chi connectivity index (χ0) is 23.5. The van der Waals surface area contributed by atoms with Gasteiger partial charge in [-0.05, 0) is 41.3 Å². The summed E-state index contributed by atoms with van der Waals surface area (Å²) in [7, 11) is -2.56. The maximum atomic E-state index is 13.1. The molecule has 32 heavy (non-hydrogen) atoms. The van der Waals surface area contributed by atoms with Crippen LogP contribution in [0, 0.1) is 0 Å². The lowest BCUT2D eigenvalue weighted by atomic mass is 9.87. The van der Waals surface area contributed by atoms with Crippen LogP contribution >= 0.6 is 11.6 Å². The number of pyridine rings is 2. The molecule has 2 aromatic heterocycles. The number of halogens is 1. The van der Waals surface area contributed by atoms with Crippen LogP contribution in [0.15, 0.2) is 64.9 Å². The Labute approximate surface area is 192 Å². The summed E-state index contributed by atoms with van der Waals surface area (Å²) in [6.07, 6.45) is 2.88. The maximum Gasteiger partial charge on any atom is 0.261 e. The van der Waals surface area contributed by atoms with Gasteiger partial charge in [-0.15, -0.1) is 0 Å². The molecule has 3 aromatic rings. The van der Waals surface area contributed by atoms with Crippen LogP contribution in [0.3, 0.4) is 0 Å². The Bertz CT molecular complexity index is 1240. The smallest absolute Gasteiger partial charge is 0.261 e. The van der Waals surface area contributed by atoms with Crippen molar-refractivity contribution < 1.29 is 13.3 Å². The Morgan fingerprint density at radius 3 is 2.34 bits per heavy atom. The van der Waals surface area contributed by atoms with Gasteiger partial charge in [-0.2, -0.15) is 0 Å². The maximum absolute atomic E-state index is 13.1. The number of nitrogens with zero attached hydrogens (tertiary/aromatic N) is 3. The fourth-order valence-electron chi connectivity index (χ4n) is 2.91. The second-order valence-electron chi connectivity index (χ2n) is 8.02. The molecule has 0 aliphatic carbocycles. The molecule has 0 amide bonds. The van der Waals surface area contributed by atoms with Gasteiger partial charge in [-0.25, -0.2) is 13.4 Å². The van der Waals surface area contributed by atoms with Crippen LogP contribution in [-0.4, -0.2) is 31.2 Å². The van der Waals surface area contributed by atoms with Gasteiger partial charge in [-0.1, -0.05) is 49.7 Å². The van der Waals surface area contributed by atoms with E-state index in [0.29, 0.717) is 11.4 Å². The summed E-state index contributed by atoms with van der Waals surface area (Å²) >= 11 is 6.11. The number of anilines is 2. The number of sulfonamides is 1. The molecular formula is C22H24ClN5O3S. The molecule has 3 rings (SSSR count). The Balaban J connectivity index is 2.04. The molecular weight excluding hydrogens is 450 g/mol. The van der Waals surface area contributed by atoms with E-state index in [0.717, 1.165) is 5.56 Å². The first-order valence-electron chi connectivity index (χ1n) is 9.63. The van der Waals surface area contributed by atoms with Gasteiger partial charge in [0.25, 0.3) is 10.0 Å². The third kappa shape index (κ3) is 5.35. The first-order valence-corrected chi connectivity index (χ1v) is 11.5. The molecule has 168 valence electrons. The van der Waals surface area contributed by atoms with Crippen molar-refractivity contribution in [3.63, 3.8) is 0 Å². The quantitative estimate of drug-likeness (QED) is 0.408. The second-order valence-corrected chi connectivity index (χ2v) is 10.1. The van der Waals surface area contributed by atoms with E-state index in [2.05, 4.69) is 40.6 Å². The van der Waals surface area contributed by atoms with Crippen molar-refractivity contribution >= 4 is 38.8 Å². The lowest BCUT2D eigenvalue weighted by Gasteiger charge is -2.19. The minimum Gasteiger partial charge on any atom is -0.399 e. The van der Waals surface area contributed by atoms with E-state index in [9.17, 15) is 8.42 Å². The van der Waals surface area contributed by atoms with Gasteiger partial charge in [0.2, 0.25) is 0 Å². The zero-order valence-corrected chi connectivity index (χ0v) is 19.7. The van der Waals surface area contributed by atoms with Crippen LogP contribution in [0.1, 0.15) is 37.6 Å². The third-order valence-electron chi connectivity index (χ3n) is 4.60. The van der Waals surface area contributed by atoms with Crippen LogP contribution in [0.5, 0.6) is 0 Å². The summed E-state index contributed by atoms with van der Waals surface area (Å²) in [4.78, 5) is 13.4. The minimum atomic E-state index is -3.93. The van der Waals surface area contributed by atoms with Crippen LogP contribution < -0.4 is 10.5 Å². The van der Waals surface area contributed by atoms with Gasteiger partial charge in [0.15, 0.2) is 0 Å². The fraction of sp³-hybridized carbons (Fsp3) is 0.227. The summed E-state index contributed by atoms with van der Waals surface area (Å²) in [6, 6.07) is 11.5. The summed E-state index contributed by atoms with van der Waals surface area (Å²) in [5.74, 6) is 0.328. The number of hydrogen-bond donors (Lipinski definition) is 2. The van der Waals surface area contributed by atoms with E-state index in [4.69, 9.17) is 22.2 Å². The highest BCUT2D eigenvalue weighted by atomic mass is 35.5. The van der Waals surface area contributed by atoms with Crippen molar-refractivity contribution in [3.8, 4) is 0 Å². The Kier molecular flexibility index (Phi) is 6.71. The van der Waals surface area contributed by atoms with Gasteiger partial charge in [0, 0.05) is 18.0 Å². The molecule has 0 aliphatic heterocycles. The number of rotatable bonds is 6. The van der Waals surface area contributed by atoms with Gasteiger partial charge >= 0.3 is 0 Å². The molecule has 0 saturated heterocycles. The number of nitrogen functional groups attached to an aromatic ring is 1. The highest BCUT2D eigenvalue weighted by Crippen LogP contribution is 2.27. The molecule has 0 spiro atoms. The highest BCUT2D eigenvalue weighted by Gasteiger charge is 2.22. The predicted octanol–water partition coefficient (Wildman–Crippen LogP) is 4.21. The van der Waals surface area contributed by atoms with Gasteiger partial charge in [-0.3, -0.25) is 9.71 Å². The number of hydrogen-bond acceptors (Lipinski definition) is 7. The molecule has 0 saturated carbocycles. The SMILES string of the molecule is CO/N=C(\c1ccc(N)nc1)c1ncc(Cl)cc1NS(=O)(=O)c1ccc(C(C)(C)C)cc1.